The van der Waals surface area contributed by atoms with E-state index in [1.807, 2.05) is 24.1 Å². The van der Waals surface area contributed by atoms with Crippen LogP contribution >= 0.6 is 0 Å². The molecule has 5 heteroatoms. The van der Waals surface area contributed by atoms with Gasteiger partial charge in [0, 0.05) is 20.0 Å². The molecule has 100 valence electrons. The second kappa shape index (κ2) is 6.93. The fourth-order valence-corrected chi connectivity index (χ4v) is 1.67. The number of hydrogen-bond acceptors (Lipinski definition) is 4. The van der Waals surface area contributed by atoms with Crippen molar-refractivity contribution in [1.29, 1.82) is 0 Å². The lowest BCUT2D eigenvalue weighted by atomic mass is 10.1. The maximum absolute atomic E-state index is 10.4. The molecule has 1 heterocycles. The average Bonchev–Trinajstić information content (AvgIpc) is 2.28. The summed E-state index contributed by atoms with van der Waals surface area (Å²) in [5.74, 6) is 0.591. The van der Waals surface area contributed by atoms with E-state index >= 15 is 0 Å². The number of carbonyl (C=O) groups is 1. The largest absolute Gasteiger partial charge is 0.481 e. The Morgan fingerprint density at radius 1 is 1.39 bits per heavy atom. The van der Waals surface area contributed by atoms with Gasteiger partial charge in [-0.1, -0.05) is 13.8 Å². The molecule has 5 nitrogen and oxygen atoms in total. The third-order valence-electron chi connectivity index (χ3n) is 2.60. The van der Waals surface area contributed by atoms with Crippen molar-refractivity contribution in [2.45, 2.75) is 33.1 Å². The van der Waals surface area contributed by atoms with Crippen molar-refractivity contribution in [1.82, 2.24) is 10.2 Å². The molecule has 0 spiro atoms. The first-order valence-electron chi connectivity index (χ1n) is 6.24. The van der Waals surface area contributed by atoms with Gasteiger partial charge in [-0.15, -0.1) is 5.10 Å². The molecule has 1 rings (SSSR count). The SMILES string of the molecule is CC(C)Cc1ccc(N(C)CCCC(=O)O)nn1. The zero-order chi connectivity index (χ0) is 13.5. The molecule has 0 aliphatic rings. The molecule has 1 N–H and O–H groups in total. The second-order valence-electron chi connectivity index (χ2n) is 4.90. The molecule has 0 fully saturated rings. The van der Waals surface area contributed by atoms with Crippen molar-refractivity contribution in [3.05, 3.63) is 17.8 Å². The van der Waals surface area contributed by atoms with E-state index in [4.69, 9.17) is 5.11 Å². The molecular weight excluding hydrogens is 230 g/mol. The Balaban J connectivity index is 2.48. The summed E-state index contributed by atoms with van der Waals surface area (Å²) in [6.45, 7) is 4.96. The first-order valence-corrected chi connectivity index (χ1v) is 6.24. The lowest BCUT2D eigenvalue weighted by molar-refractivity contribution is -0.137. The first kappa shape index (κ1) is 14.4. The maximum atomic E-state index is 10.4. The van der Waals surface area contributed by atoms with Crippen LogP contribution in [0.1, 0.15) is 32.4 Å². The Kier molecular flexibility index (Phi) is 5.55. The van der Waals surface area contributed by atoms with E-state index < -0.39 is 5.97 Å². The number of aliphatic carboxylic acids is 1. The zero-order valence-electron chi connectivity index (χ0n) is 11.3. The van der Waals surface area contributed by atoms with Crippen LogP contribution in [0.2, 0.25) is 0 Å². The van der Waals surface area contributed by atoms with Crippen molar-refractivity contribution < 1.29 is 9.90 Å². The van der Waals surface area contributed by atoms with Crippen LogP contribution in [0, 0.1) is 5.92 Å². The Hall–Kier alpha value is -1.65. The van der Waals surface area contributed by atoms with Crippen molar-refractivity contribution in [2.75, 3.05) is 18.5 Å². The molecule has 0 aliphatic heterocycles. The summed E-state index contributed by atoms with van der Waals surface area (Å²) in [5.41, 5.74) is 0.993. The summed E-state index contributed by atoms with van der Waals surface area (Å²) in [4.78, 5) is 12.3. The highest BCUT2D eigenvalue weighted by atomic mass is 16.4. The van der Waals surface area contributed by atoms with Gasteiger partial charge in [-0.05, 0) is 30.9 Å². The maximum Gasteiger partial charge on any atom is 0.303 e. The van der Waals surface area contributed by atoms with Crippen LogP contribution in [-0.2, 0) is 11.2 Å². The summed E-state index contributed by atoms with van der Waals surface area (Å²) < 4.78 is 0. The van der Waals surface area contributed by atoms with E-state index in [1.54, 1.807) is 0 Å². The minimum atomic E-state index is -0.762. The van der Waals surface area contributed by atoms with Gasteiger partial charge in [-0.2, -0.15) is 5.10 Å². The Bertz CT molecular complexity index is 376. The van der Waals surface area contributed by atoms with Crippen molar-refractivity contribution >= 4 is 11.8 Å². The van der Waals surface area contributed by atoms with Crippen LogP contribution < -0.4 is 4.90 Å². The van der Waals surface area contributed by atoms with Crippen molar-refractivity contribution in [2.24, 2.45) is 5.92 Å². The number of rotatable bonds is 7. The molecule has 1 aromatic heterocycles. The molecule has 0 saturated carbocycles. The number of anilines is 1. The van der Waals surface area contributed by atoms with Gasteiger partial charge in [0.15, 0.2) is 5.82 Å². The summed E-state index contributed by atoms with van der Waals surface area (Å²) in [5, 5.41) is 16.9. The van der Waals surface area contributed by atoms with Gasteiger partial charge in [0.2, 0.25) is 0 Å². The predicted octanol–water partition coefficient (Wildman–Crippen LogP) is 1.98. The van der Waals surface area contributed by atoms with Crippen LogP contribution in [0.4, 0.5) is 5.82 Å². The van der Waals surface area contributed by atoms with Gasteiger partial charge >= 0.3 is 5.97 Å². The highest BCUT2D eigenvalue weighted by molar-refractivity contribution is 5.66. The van der Waals surface area contributed by atoms with E-state index in [0.717, 1.165) is 17.9 Å². The standard InChI is InChI=1S/C13H21N3O2/c1-10(2)9-11-6-7-12(15-14-11)16(3)8-4-5-13(17)18/h6-7,10H,4-5,8-9H2,1-3H3,(H,17,18). The highest BCUT2D eigenvalue weighted by Crippen LogP contribution is 2.10. The van der Waals surface area contributed by atoms with Crippen LogP contribution in [0.3, 0.4) is 0 Å². The predicted molar refractivity (Wildman–Crippen MR) is 70.7 cm³/mol. The summed E-state index contributed by atoms with van der Waals surface area (Å²) in [7, 11) is 1.90. The van der Waals surface area contributed by atoms with Gasteiger partial charge in [0.05, 0.1) is 5.69 Å². The molecule has 0 bridgehead atoms. The fraction of sp³-hybridized carbons (Fsp3) is 0.615. The van der Waals surface area contributed by atoms with Crippen LogP contribution in [0.5, 0.6) is 0 Å². The summed E-state index contributed by atoms with van der Waals surface area (Å²) >= 11 is 0. The molecule has 0 saturated heterocycles. The van der Waals surface area contributed by atoms with Crippen LogP contribution in [0.25, 0.3) is 0 Å². The van der Waals surface area contributed by atoms with Crippen LogP contribution in [-0.4, -0.2) is 34.9 Å². The monoisotopic (exact) mass is 251 g/mol. The van der Waals surface area contributed by atoms with Crippen molar-refractivity contribution in [3.63, 3.8) is 0 Å². The quantitative estimate of drug-likeness (QED) is 0.802. The molecular formula is C13H21N3O2. The Morgan fingerprint density at radius 2 is 2.11 bits per heavy atom. The molecule has 18 heavy (non-hydrogen) atoms. The number of hydrogen-bond donors (Lipinski definition) is 1. The fourth-order valence-electron chi connectivity index (χ4n) is 1.67. The third kappa shape index (κ3) is 5.12. The van der Waals surface area contributed by atoms with Gasteiger partial charge < -0.3 is 10.0 Å². The number of aromatic nitrogens is 2. The molecule has 0 unspecified atom stereocenters. The van der Waals surface area contributed by atoms with E-state index in [2.05, 4.69) is 24.0 Å². The molecule has 0 aliphatic carbocycles. The van der Waals surface area contributed by atoms with E-state index in [-0.39, 0.29) is 6.42 Å². The van der Waals surface area contributed by atoms with Gasteiger partial charge in [0.25, 0.3) is 0 Å². The van der Waals surface area contributed by atoms with Gasteiger partial charge in [-0.3, -0.25) is 4.79 Å². The zero-order valence-corrected chi connectivity index (χ0v) is 11.3. The third-order valence-corrected chi connectivity index (χ3v) is 2.60. The topological polar surface area (TPSA) is 66.3 Å². The van der Waals surface area contributed by atoms with E-state index in [1.165, 1.54) is 0 Å². The molecule has 0 aromatic carbocycles. The smallest absolute Gasteiger partial charge is 0.303 e. The summed E-state index contributed by atoms with van der Waals surface area (Å²) in [6, 6.07) is 3.92. The van der Waals surface area contributed by atoms with Crippen LogP contribution in [0.15, 0.2) is 12.1 Å². The highest BCUT2D eigenvalue weighted by Gasteiger charge is 2.06. The average molecular weight is 251 g/mol. The lowest BCUT2D eigenvalue weighted by Gasteiger charge is -2.17. The Labute approximate surface area is 108 Å². The molecule has 0 radical (unpaired) electrons. The molecule has 0 atom stereocenters. The molecule has 1 aromatic rings. The normalized spacial score (nSPS) is 10.7. The van der Waals surface area contributed by atoms with E-state index in [9.17, 15) is 4.79 Å². The second-order valence-corrected chi connectivity index (χ2v) is 4.90. The number of nitrogens with zero attached hydrogens (tertiary/aromatic N) is 3. The lowest BCUT2D eigenvalue weighted by Crippen LogP contribution is -2.21. The number of carboxylic acids is 1. The number of carboxylic acid groups (broad SMARTS) is 1. The summed E-state index contributed by atoms with van der Waals surface area (Å²) in [6.07, 6.45) is 1.72. The van der Waals surface area contributed by atoms with Gasteiger partial charge in [0.1, 0.15) is 0 Å². The Morgan fingerprint density at radius 3 is 2.61 bits per heavy atom. The molecule has 0 amide bonds. The van der Waals surface area contributed by atoms with Crippen molar-refractivity contribution in [3.8, 4) is 0 Å². The van der Waals surface area contributed by atoms with E-state index in [0.29, 0.717) is 18.9 Å². The minimum Gasteiger partial charge on any atom is -0.481 e. The van der Waals surface area contributed by atoms with Gasteiger partial charge in [-0.25, -0.2) is 0 Å². The first-order chi connectivity index (χ1) is 8.49. The minimum absolute atomic E-state index is 0.184.